The average molecular weight is 359 g/mol. The molecular formula is C19H18FNO5. The topological polar surface area (TPSA) is 84.9 Å². The van der Waals surface area contributed by atoms with Crippen LogP contribution in [0.1, 0.15) is 22.7 Å². The second-order valence-electron chi connectivity index (χ2n) is 5.94. The fourth-order valence-electron chi connectivity index (χ4n) is 2.94. The molecule has 0 fully saturated rings. The molecule has 3 rings (SSSR count). The summed E-state index contributed by atoms with van der Waals surface area (Å²) in [4.78, 5) is 24.0. The minimum absolute atomic E-state index is 0.196. The van der Waals surface area contributed by atoms with Crippen molar-refractivity contribution in [3.05, 3.63) is 58.9 Å². The van der Waals surface area contributed by atoms with E-state index in [9.17, 15) is 19.1 Å². The Kier molecular flexibility index (Phi) is 5.06. The molecular weight excluding hydrogens is 341 g/mol. The molecule has 1 aliphatic rings. The fraction of sp³-hybridized carbons (Fsp3) is 0.263. The number of hydrogen-bond donors (Lipinski definition) is 2. The van der Waals surface area contributed by atoms with E-state index in [1.165, 1.54) is 25.3 Å². The van der Waals surface area contributed by atoms with E-state index in [-0.39, 0.29) is 6.42 Å². The summed E-state index contributed by atoms with van der Waals surface area (Å²) in [6, 6.07) is 7.69. The smallest absolute Gasteiger partial charge is 0.330 e. The van der Waals surface area contributed by atoms with Gasteiger partial charge in [0.25, 0.3) is 0 Å². The third-order valence-corrected chi connectivity index (χ3v) is 4.19. The van der Waals surface area contributed by atoms with Crippen LogP contribution in [0.25, 0.3) is 0 Å². The lowest BCUT2D eigenvalue weighted by Gasteiger charge is -2.16. The highest BCUT2D eigenvalue weighted by molar-refractivity contribution is 5.86. The van der Waals surface area contributed by atoms with Gasteiger partial charge < -0.3 is 19.9 Å². The number of amides is 1. The van der Waals surface area contributed by atoms with Crippen molar-refractivity contribution in [3.8, 4) is 11.5 Å². The number of halogens is 1. The van der Waals surface area contributed by atoms with E-state index in [2.05, 4.69) is 5.32 Å². The number of fused-ring (bicyclic) bond motifs is 1. The van der Waals surface area contributed by atoms with Crippen LogP contribution >= 0.6 is 0 Å². The first-order chi connectivity index (χ1) is 12.5. The standard InChI is InChI=1S/C19H18FNO5/c1-25-15-5-3-14(20)9-13(15)10-17(22)21-18(19(23)24)12-2-4-16-11(8-12)6-7-26-16/h2-5,8-9,18H,6-7,10H2,1H3,(H,21,22)(H,23,24). The van der Waals surface area contributed by atoms with Crippen LogP contribution in [-0.4, -0.2) is 30.7 Å². The molecule has 2 aromatic carbocycles. The van der Waals surface area contributed by atoms with Gasteiger partial charge in [-0.15, -0.1) is 0 Å². The molecule has 0 saturated carbocycles. The number of carbonyl (C=O) groups excluding carboxylic acids is 1. The number of carbonyl (C=O) groups is 2. The number of rotatable bonds is 6. The molecule has 6 nitrogen and oxygen atoms in total. The van der Waals surface area contributed by atoms with Crippen molar-refractivity contribution in [2.75, 3.05) is 13.7 Å². The number of benzene rings is 2. The quantitative estimate of drug-likeness (QED) is 0.826. The average Bonchev–Trinajstić information content (AvgIpc) is 3.07. The molecule has 1 atom stereocenters. The number of carboxylic acid groups (broad SMARTS) is 1. The van der Waals surface area contributed by atoms with Crippen molar-refractivity contribution in [1.29, 1.82) is 0 Å². The van der Waals surface area contributed by atoms with Gasteiger partial charge in [0.2, 0.25) is 5.91 Å². The highest BCUT2D eigenvalue weighted by Crippen LogP contribution is 2.28. The lowest BCUT2D eigenvalue weighted by molar-refractivity contribution is -0.142. The van der Waals surface area contributed by atoms with Crippen LogP contribution in [0, 0.1) is 5.82 Å². The number of ether oxygens (including phenoxy) is 2. The van der Waals surface area contributed by atoms with Gasteiger partial charge in [-0.25, -0.2) is 9.18 Å². The molecule has 0 bridgehead atoms. The van der Waals surface area contributed by atoms with Gasteiger partial charge in [0.15, 0.2) is 6.04 Å². The van der Waals surface area contributed by atoms with Gasteiger partial charge in [-0.05, 0) is 41.5 Å². The number of nitrogens with one attached hydrogen (secondary N) is 1. The van der Waals surface area contributed by atoms with E-state index in [0.717, 1.165) is 11.3 Å². The zero-order chi connectivity index (χ0) is 18.7. The molecule has 1 amide bonds. The Balaban J connectivity index is 1.77. The fourth-order valence-corrected chi connectivity index (χ4v) is 2.94. The number of methoxy groups -OCH3 is 1. The van der Waals surface area contributed by atoms with E-state index in [4.69, 9.17) is 9.47 Å². The molecule has 1 unspecified atom stereocenters. The first kappa shape index (κ1) is 17.7. The van der Waals surface area contributed by atoms with E-state index in [1.807, 2.05) is 0 Å². The third-order valence-electron chi connectivity index (χ3n) is 4.19. The van der Waals surface area contributed by atoms with Crippen molar-refractivity contribution in [2.24, 2.45) is 0 Å². The van der Waals surface area contributed by atoms with Gasteiger partial charge in [0.1, 0.15) is 17.3 Å². The van der Waals surface area contributed by atoms with Crippen molar-refractivity contribution in [1.82, 2.24) is 5.32 Å². The van der Waals surface area contributed by atoms with Crippen molar-refractivity contribution in [2.45, 2.75) is 18.9 Å². The first-order valence-corrected chi connectivity index (χ1v) is 8.08. The molecule has 7 heteroatoms. The normalized spacial score (nSPS) is 13.5. The Hall–Kier alpha value is -3.09. The second-order valence-corrected chi connectivity index (χ2v) is 5.94. The molecule has 2 aromatic rings. The van der Waals surface area contributed by atoms with Crippen molar-refractivity contribution < 1.29 is 28.6 Å². The molecule has 1 aliphatic heterocycles. The lowest BCUT2D eigenvalue weighted by Crippen LogP contribution is -2.34. The van der Waals surface area contributed by atoms with Gasteiger partial charge in [0, 0.05) is 12.0 Å². The van der Waals surface area contributed by atoms with Crippen LogP contribution in [-0.2, 0) is 22.4 Å². The number of hydrogen-bond acceptors (Lipinski definition) is 4. The summed E-state index contributed by atoms with van der Waals surface area (Å²) in [5.74, 6) is -1.12. The van der Waals surface area contributed by atoms with Gasteiger partial charge >= 0.3 is 5.97 Å². The zero-order valence-electron chi connectivity index (χ0n) is 14.1. The first-order valence-electron chi connectivity index (χ1n) is 8.08. The predicted octanol–water partition coefficient (Wildman–Crippen LogP) is 2.25. The van der Waals surface area contributed by atoms with Gasteiger partial charge in [-0.1, -0.05) is 6.07 Å². The highest BCUT2D eigenvalue weighted by Gasteiger charge is 2.24. The Labute approximate surface area is 149 Å². The molecule has 26 heavy (non-hydrogen) atoms. The Bertz CT molecular complexity index is 852. The maximum atomic E-state index is 13.4. The molecule has 0 saturated heterocycles. The summed E-state index contributed by atoms with van der Waals surface area (Å²) in [6.45, 7) is 0.558. The van der Waals surface area contributed by atoms with E-state index in [1.54, 1.807) is 18.2 Å². The molecule has 0 radical (unpaired) electrons. The van der Waals surface area contributed by atoms with E-state index >= 15 is 0 Å². The third kappa shape index (κ3) is 3.77. The minimum Gasteiger partial charge on any atom is -0.496 e. The van der Waals surface area contributed by atoms with E-state index in [0.29, 0.717) is 29.9 Å². The highest BCUT2D eigenvalue weighted by atomic mass is 19.1. The SMILES string of the molecule is COc1ccc(F)cc1CC(=O)NC(C(=O)O)c1ccc2c(c1)CCO2. The molecule has 0 spiro atoms. The Morgan fingerprint density at radius 1 is 1.31 bits per heavy atom. The maximum absolute atomic E-state index is 13.4. The lowest BCUT2D eigenvalue weighted by atomic mass is 10.0. The molecule has 2 N–H and O–H groups in total. The summed E-state index contributed by atoms with van der Waals surface area (Å²) in [6.07, 6.45) is 0.503. The second kappa shape index (κ2) is 7.43. The molecule has 1 heterocycles. The summed E-state index contributed by atoms with van der Waals surface area (Å²) >= 11 is 0. The van der Waals surface area contributed by atoms with Crippen LogP contribution in [0.2, 0.25) is 0 Å². The van der Waals surface area contributed by atoms with Crippen molar-refractivity contribution >= 4 is 11.9 Å². The van der Waals surface area contributed by atoms with Crippen LogP contribution in [0.15, 0.2) is 36.4 Å². The zero-order valence-corrected chi connectivity index (χ0v) is 14.1. The van der Waals surface area contributed by atoms with Crippen LogP contribution in [0.5, 0.6) is 11.5 Å². The maximum Gasteiger partial charge on any atom is 0.330 e. The van der Waals surface area contributed by atoms with Gasteiger partial charge in [-0.3, -0.25) is 4.79 Å². The number of carboxylic acids is 1. The summed E-state index contributed by atoms with van der Waals surface area (Å²) < 4.78 is 23.9. The Morgan fingerprint density at radius 3 is 2.85 bits per heavy atom. The summed E-state index contributed by atoms with van der Waals surface area (Å²) in [7, 11) is 1.42. The molecule has 136 valence electrons. The predicted molar refractivity (Wildman–Crippen MR) is 90.8 cm³/mol. The van der Waals surface area contributed by atoms with Gasteiger partial charge in [-0.2, -0.15) is 0 Å². The van der Waals surface area contributed by atoms with Crippen LogP contribution in [0.4, 0.5) is 4.39 Å². The number of aliphatic carboxylic acids is 1. The van der Waals surface area contributed by atoms with Crippen molar-refractivity contribution in [3.63, 3.8) is 0 Å². The minimum atomic E-state index is -1.20. The van der Waals surface area contributed by atoms with Gasteiger partial charge in [0.05, 0.1) is 20.1 Å². The van der Waals surface area contributed by atoms with Crippen LogP contribution in [0.3, 0.4) is 0 Å². The largest absolute Gasteiger partial charge is 0.496 e. The molecule has 0 aromatic heterocycles. The van der Waals surface area contributed by atoms with Crippen LogP contribution < -0.4 is 14.8 Å². The summed E-state index contributed by atoms with van der Waals surface area (Å²) in [5.41, 5.74) is 1.72. The summed E-state index contributed by atoms with van der Waals surface area (Å²) in [5, 5.41) is 12.0. The monoisotopic (exact) mass is 359 g/mol. The Morgan fingerprint density at radius 2 is 2.12 bits per heavy atom. The molecule has 0 aliphatic carbocycles. The van der Waals surface area contributed by atoms with E-state index < -0.39 is 23.7 Å².